The van der Waals surface area contributed by atoms with Crippen LogP contribution < -0.4 is 10.5 Å². The molecule has 0 fully saturated rings. The third-order valence-electron chi connectivity index (χ3n) is 2.19. The Kier molecular flexibility index (Phi) is 5.37. The van der Waals surface area contributed by atoms with Crippen molar-refractivity contribution in [3.63, 3.8) is 0 Å². The molecule has 0 spiro atoms. The fourth-order valence-electron chi connectivity index (χ4n) is 1.36. The van der Waals surface area contributed by atoms with Crippen LogP contribution in [-0.2, 0) is 0 Å². The van der Waals surface area contributed by atoms with Gasteiger partial charge < -0.3 is 10.5 Å². The summed E-state index contributed by atoms with van der Waals surface area (Å²) in [7, 11) is 0. The van der Waals surface area contributed by atoms with Gasteiger partial charge in [0.05, 0.1) is 6.61 Å². The second-order valence-corrected chi connectivity index (χ2v) is 4.54. The van der Waals surface area contributed by atoms with Gasteiger partial charge in [0, 0.05) is 22.5 Å². The molecule has 0 saturated carbocycles. The largest absolute Gasteiger partial charge is 0.493 e. The predicted molar refractivity (Wildman–Crippen MR) is 70.3 cm³/mol. The first-order valence-electron chi connectivity index (χ1n) is 5.26. The molecule has 2 N–H and O–H groups in total. The van der Waals surface area contributed by atoms with E-state index in [2.05, 4.69) is 21.9 Å². The van der Waals surface area contributed by atoms with Crippen molar-refractivity contribution in [2.24, 2.45) is 5.73 Å². The number of rotatable bonds is 5. The molecule has 0 aliphatic rings. The molecule has 0 aromatic heterocycles. The molecule has 1 rings (SSSR count). The Morgan fingerprint density at radius 3 is 2.94 bits per heavy atom. The van der Waals surface area contributed by atoms with Crippen molar-refractivity contribution in [3.8, 4) is 18.1 Å². The zero-order valence-corrected chi connectivity index (χ0v) is 11.0. The minimum absolute atomic E-state index is 0.0415. The molecular formula is C13H16BrNO. The molecular weight excluding hydrogens is 266 g/mol. The van der Waals surface area contributed by atoms with Crippen LogP contribution in [0.1, 0.15) is 31.4 Å². The van der Waals surface area contributed by atoms with Crippen molar-refractivity contribution in [2.45, 2.75) is 25.8 Å². The van der Waals surface area contributed by atoms with Gasteiger partial charge >= 0.3 is 0 Å². The Morgan fingerprint density at radius 1 is 1.56 bits per heavy atom. The topological polar surface area (TPSA) is 35.2 Å². The minimum atomic E-state index is -0.0415. The molecule has 0 aliphatic carbocycles. The van der Waals surface area contributed by atoms with E-state index in [1.54, 1.807) is 0 Å². The number of ether oxygens (including phenoxy) is 1. The van der Waals surface area contributed by atoms with E-state index in [0.29, 0.717) is 6.61 Å². The molecule has 1 aromatic carbocycles. The number of nitrogens with two attached hydrogens (primary N) is 1. The Balaban J connectivity index is 2.68. The van der Waals surface area contributed by atoms with E-state index in [1.807, 2.05) is 25.1 Å². The molecule has 0 aliphatic heterocycles. The second kappa shape index (κ2) is 6.57. The first-order chi connectivity index (χ1) is 7.65. The molecule has 16 heavy (non-hydrogen) atoms. The monoisotopic (exact) mass is 281 g/mol. The zero-order valence-electron chi connectivity index (χ0n) is 9.37. The van der Waals surface area contributed by atoms with Crippen LogP contribution in [0.3, 0.4) is 0 Å². The molecule has 86 valence electrons. The summed E-state index contributed by atoms with van der Waals surface area (Å²) in [5.41, 5.74) is 6.89. The van der Waals surface area contributed by atoms with Crippen molar-refractivity contribution < 1.29 is 4.74 Å². The quantitative estimate of drug-likeness (QED) is 0.664. The minimum Gasteiger partial charge on any atom is -0.493 e. The molecule has 0 bridgehead atoms. The van der Waals surface area contributed by atoms with Crippen molar-refractivity contribution in [2.75, 3.05) is 6.61 Å². The Morgan fingerprint density at radius 2 is 2.31 bits per heavy atom. The van der Waals surface area contributed by atoms with Crippen LogP contribution in [0, 0.1) is 12.3 Å². The smallest absolute Gasteiger partial charge is 0.124 e. The highest BCUT2D eigenvalue weighted by Gasteiger charge is 2.08. The van der Waals surface area contributed by atoms with Crippen LogP contribution in [0.5, 0.6) is 5.75 Å². The Labute approximate surface area is 105 Å². The van der Waals surface area contributed by atoms with Gasteiger partial charge in [-0.3, -0.25) is 0 Å². The van der Waals surface area contributed by atoms with Crippen molar-refractivity contribution in [1.29, 1.82) is 0 Å². The normalized spacial score (nSPS) is 11.9. The second-order valence-electron chi connectivity index (χ2n) is 3.63. The van der Waals surface area contributed by atoms with Gasteiger partial charge in [0.2, 0.25) is 0 Å². The molecule has 0 radical (unpaired) electrons. The summed E-state index contributed by atoms with van der Waals surface area (Å²) in [5.74, 6) is 3.43. The number of halogens is 1. The third-order valence-corrected chi connectivity index (χ3v) is 2.68. The third kappa shape index (κ3) is 3.88. The summed E-state index contributed by atoms with van der Waals surface area (Å²) >= 11 is 3.42. The zero-order chi connectivity index (χ0) is 12.0. The average molecular weight is 282 g/mol. The molecule has 1 unspecified atom stereocenters. The van der Waals surface area contributed by atoms with E-state index in [0.717, 1.165) is 28.6 Å². The summed E-state index contributed by atoms with van der Waals surface area (Å²) in [5, 5.41) is 0. The fourth-order valence-corrected chi connectivity index (χ4v) is 1.74. The number of benzene rings is 1. The van der Waals surface area contributed by atoms with E-state index >= 15 is 0 Å². The highest BCUT2D eigenvalue weighted by Crippen LogP contribution is 2.27. The number of hydrogen-bond donors (Lipinski definition) is 1. The lowest BCUT2D eigenvalue weighted by atomic mass is 10.1. The molecule has 3 heteroatoms. The number of terminal acetylenes is 1. The highest BCUT2D eigenvalue weighted by molar-refractivity contribution is 9.10. The van der Waals surface area contributed by atoms with Gasteiger partial charge in [-0.1, -0.05) is 15.9 Å². The maximum absolute atomic E-state index is 5.88. The first kappa shape index (κ1) is 13.1. The first-order valence-corrected chi connectivity index (χ1v) is 6.05. The van der Waals surface area contributed by atoms with E-state index in [-0.39, 0.29) is 6.04 Å². The van der Waals surface area contributed by atoms with Crippen LogP contribution >= 0.6 is 15.9 Å². The van der Waals surface area contributed by atoms with Gasteiger partial charge in [-0.05, 0) is 31.5 Å². The van der Waals surface area contributed by atoms with Gasteiger partial charge in [-0.25, -0.2) is 0 Å². The van der Waals surface area contributed by atoms with Crippen LogP contribution in [0.15, 0.2) is 22.7 Å². The van der Waals surface area contributed by atoms with Crippen LogP contribution in [0.25, 0.3) is 0 Å². The SMILES string of the molecule is C#CCCCOc1ccc(Br)cc1C(C)N. The standard InChI is InChI=1S/C13H16BrNO/c1-3-4-5-8-16-13-7-6-11(14)9-12(13)10(2)15/h1,6-7,9-10H,4-5,8,15H2,2H3. The number of unbranched alkanes of at least 4 members (excludes halogenated alkanes) is 1. The van der Waals surface area contributed by atoms with E-state index < -0.39 is 0 Å². The van der Waals surface area contributed by atoms with Crippen LogP contribution in [-0.4, -0.2) is 6.61 Å². The molecule has 1 atom stereocenters. The van der Waals surface area contributed by atoms with Gasteiger partial charge in [0.1, 0.15) is 5.75 Å². The molecule has 1 aromatic rings. The summed E-state index contributed by atoms with van der Waals surface area (Å²) in [4.78, 5) is 0. The molecule has 0 amide bonds. The van der Waals surface area contributed by atoms with Crippen LogP contribution in [0.4, 0.5) is 0 Å². The average Bonchev–Trinajstić information content (AvgIpc) is 2.26. The summed E-state index contributed by atoms with van der Waals surface area (Å²) in [6.45, 7) is 2.57. The van der Waals surface area contributed by atoms with Crippen molar-refractivity contribution in [1.82, 2.24) is 0 Å². The lowest BCUT2D eigenvalue weighted by molar-refractivity contribution is 0.308. The van der Waals surface area contributed by atoms with E-state index in [9.17, 15) is 0 Å². The van der Waals surface area contributed by atoms with Gasteiger partial charge in [-0.15, -0.1) is 12.3 Å². The van der Waals surface area contributed by atoms with Gasteiger partial charge in [0.25, 0.3) is 0 Å². The van der Waals surface area contributed by atoms with E-state index in [4.69, 9.17) is 16.9 Å². The highest BCUT2D eigenvalue weighted by atomic mass is 79.9. The maximum Gasteiger partial charge on any atom is 0.124 e. The van der Waals surface area contributed by atoms with Crippen molar-refractivity contribution in [3.05, 3.63) is 28.2 Å². The molecule has 0 heterocycles. The molecule has 0 saturated heterocycles. The predicted octanol–water partition coefficient (Wildman–Crippen LogP) is 3.26. The summed E-state index contributed by atoms with van der Waals surface area (Å²) < 4.78 is 6.67. The van der Waals surface area contributed by atoms with Gasteiger partial charge in [0.15, 0.2) is 0 Å². The summed E-state index contributed by atoms with van der Waals surface area (Å²) in [6.07, 6.45) is 6.78. The maximum atomic E-state index is 5.88. The Bertz CT molecular complexity index is 382. The summed E-state index contributed by atoms with van der Waals surface area (Å²) in [6, 6.07) is 5.82. The Hall–Kier alpha value is -0.980. The van der Waals surface area contributed by atoms with Crippen molar-refractivity contribution >= 4 is 15.9 Å². The lowest BCUT2D eigenvalue weighted by Crippen LogP contribution is -2.08. The van der Waals surface area contributed by atoms with Crippen LogP contribution in [0.2, 0.25) is 0 Å². The van der Waals surface area contributed by atoms with Gasteiger partial charge in [-0.2, -0.15) is 0 Å². The van der Waals surface area contributed by atoms with E-state index in [1.165, 1.54) is 0 Å². The lowest BCUT2D eigenvalue weighted by Gasteiger charge is -2.14. The fraction of sp³-hybridized carbons (Fsp3) is 0.385. The molecule has 2 nitrogen and oxygen atoms in total. The number of hydrogen-bond acceptors (Lipinski definition) is 2.